The lowest BCUT2D eigenvalue weighted by molar-refractivity contribution is 0.597. The van der Waals surface area contributed by atoms with Crippen LogP contribution in [0.5, 0.6) is 0 Å². The second-order valence-electron chi connectivity index (χ2n) is 3.90. The van der Waals surface area contributed by atoms with Gasteiger partial charge in [-0.1, -0.05) is 23.9 Å². The van der Waals surface area contributed by atoms with Gasteiger partial charge in [0.25, 0.3) is 0 Å². The first-order valence-corrected chi connectivity index (χ1v) is 8.28. The van der Waals surface area contributed by atoms with E-state index in [4.69, 9.17) is 11.1 Å². The van der Waals surface area contributed by atoms with E-state index in [1.54, 1.807) is 12.1 Å². The molecular formula is C11H13N5O2S2. The highest BCUT2D eigenvalue weighted by atomic mass is 32.2. The average molecular weight is 311 g/mol. The number of aromatic nitrogens is 3. The number of nitrogens with one attached hydrogen (secondary N) is 2. The third kappa shape index (κ3) is 3.58. The number of hydrogen-bond acceptors (Lipinski definition) is 6. The third-order valence-corrected chi connectivity index (χ3v) is 5.34. The molecule has 0 saturated carbocycles. The van der Waals surface area contributed by atoms with Gasteiger partial charge in [-0.05, 0) is 12.1 Å². The molecule has 7 nitrogen and oxygen atoms in total. The Labute approximate surface area is 120 Å². The van der Waals surface area contributed by atoms with E-state index in [-0.39, 0.29) is 16.5 Å². The second-order valence-corrected chi connectivity index (χ2v) is 7.09. The Morgan fingerprint density at radius 3 is 2.90 bits per heavy atom. The summed E-state index contributed by atoms with van der Waals surface area (Å²) in [6.45, 7) is 0. The topological polar surface area (TPSA) is 126 Å². The highest BCUT2D eigenvalue weighted by molar-refractivity contribution is 8.00. The molecule has 0 aliphatic rings. The monoisotopic (exact) mass is 311 g/mol. The molecule has 9 heteroatoms. The second kappa shape index (κ2) is 6.06. The van der Waals surface area contributed by atoms with E-state index in [9.17, 15) is 8.42 Å². The zero-order valence-corrected chi connectivity index (χ0v) is 12.0. The molecule has 2 rings (SSSR count). The van der Waals surface area contributed by atoms with Crippen molar-refractivity contribution in [2.24, 2.45) is 5.73 Å². The molecule has 4 N–H and O–H groups in total. The van der Waals surface area contributed by atoms with Crippen LogP contribution in [0.1, 0.15) is 5.56 Å². The molecule has 106 valence electrons. The Hall–Kier alpha value is -1.87. The van der Waals surface area contributed by atoms with Gasteiger partial charge < -0.3 is 5.73 Å². The van der Waals surface area contributed by atoms with E-state index >= 15 is 0 Å². The summed E-state index contributed by atoms with van der Waals surface area (Å²) in [6, 6.07) is 6.09. The van der Waals surface area contributed by atoms with Crippen molar-refractivity contribution in [3.05, 3.63) is 36.2 Å². The van der Waals surface area contributed by atoms with Crippen LogP contribution in [0.2, 0.25) is 0 Å². The van der Waals surface area contributed by atoms with E-state index in [1.165, 1.54) is 30.2 Å². The normalized spacial score (nSPS) is 11.4. The highest BCUT2D eigenvalue weighted by Crippen LogP contribution is 2.17. The van der Waals surface area contributed by atoms with Crippen molar-refractivity contribution in [1.29, 1.82) is 5.41 Å². The molecule has 0 spiro atoms. The zero-order valence-electron chi connectivity index (χ0n) is 10.4. The maximum atomic E-state index is 12.2. The van der Waals surface area contributed by atoms with Crippen LogP contribution in [0, 0.1) is 5.41 Å². The molecule has 0 unspecified atom stereocenters. The molecule has 0 saturated heterocycles. The molecule has 1 aromatic carbocycles. The van der Waals surface area contributed by atoms with Gasteiger partial charge in [-0.3, -0.25) is 10.5 Å². The van der Waals surface area contributed by atoms with Crippen LogP contribution < -0.4 is 5.73 Å². The smallest absolute Gasteiger partial charge is 0.183 e. The lowest BCUT2D eigenvalue weighted by atomic mass is 10.2. The predicted molar refractivity (Wildman–Crippen MR) is 76.6 cm³/mol. The first-order chi connectivity index (χ1) is 9.49. The fourth-order valence-corrected chi connectivity index (χ4v) is 3.96. The van der Waals surface area contributed by atoms with Gasteiger partial charge in [-0.15, -0.1) is 0 Å². The lowest BCUT2D eigenvalue weighted by Gasteiger charge is -2.05. The molecule has 0 aliphatic heterocycles. The summed E-state index contributed by atoms with van der Waals surface area (Å²) in [6.07, 6.45) is 1.37. The highest BCUT2D eigenvalue weighted by Gasteiger charge is 2.15. The number of benzene rings is 1. The molecule has 0 fully saturated rings. The fourth-order valence-electron chi connectivity index (χ4n) is 1.49. The number of nitrogen functional groups attached to an aromatic ring is 1. The Bertz CT molecular complexity index is 697. The van der Waals surface area contributed by atoms with Crippen molar-refractivity contribution < 1.29 is 8.42 Å². The number of sulfone groups is 1. The Balaban J connectivity index is 2.06. The zero-order chi connectivity index (χ0) is 14.6. The molecule has 0 atom stereocenters. The number of H-pyrrole nitrogens is 1. The van der Waals surface area contributed by atoms with Crippen LogP contribution in [0.3, 0.4) is 0 Å². The summed E-state index contributed by atoms with van der Waals surface area (Å²) in [4.78, 5) is 4.07. The number of rotatable bonds is 6. The van der Waals surface area contributed by atoms with Gasteiger partial charge in [0.05, 0.1) is 10.6 Å². The maximum absolute atomic E-state index is 12.2. The minimum Gasteiger partial charge on any atom is -0.384 e. The number of thioether (sulfide) groups is 1. The van der Waals surface area contributed by atoms with E-state index in [0.29, 0.717) is 16.5 Å². The van der Waals surface area contributed by atoms with Crippen LogP contribution in [-0.2, 0) is 9.84 Å². The largest absolute Gasteiger partial charge is 0.384 e. The van der Waals surface area contributed by atoms with Crippen LogP contribution in [0.15, 0.2) is 40.6 Å². The van der Waals surface area contributed by atoms with Gasteiger partial charge in [0, 0.05) is 11.3 Å². The van der Waals surface area contributed by atoms with Gasteiger partial charge in [0.1, 0.15) is 12.2 Å². The van der Waals surface area contributed by atoms with Crippen molar-refractivity contribution in [3.63, 3.8) is 0 Å². The van der Waals surface area contributed by atoms with Gasteiger partial charge in [-0.2, -0.15) is 5.10 Å². The summed E-state index contributed by atoms with van der Waals surface area (Å²) >= 11 is 1.28. The number of nitrogens with two attached hydrogens (primary N) is 1. The van der Waals surface area contributed by atoms with E-state index < -0.39 is 9.84 Å². The molecule has 0 aliphatic carbocycles. The van der Waals surface area contributed by atoms with Crippen LogP contribution >= 0.6 is 11.8 Å². The minimum atomic E-state index is -3.40. The SMILES string of the molecule is N=C(N)c1cccc(S(=O)(=O)CCSc2ncn[nH]2)c1. The van der Waals surface area contributed by atoms with E-state index in [1.807, 2.05) is 0 Å². The average Bonchev–Trinajstić information content (AvgIpc) is 2.92. The van der Waals surface area contributed by atoms with Gasteiger partial charge in [-0.25, -0.2) is 13.4 Å². The Morgan fingerprint density at radius 1 is 1.45 bits per heavy atom. The lowest BCUT2D eigenvalue weighted by Crippen LogP contribution is -2.13. The summed E-state index contributed by atoms with van der Waals surface area (Å²) in [7, 11) is -3.40. The minimum absolute atomic E-state index is 0.0281. The van der Waals surface area contributed by atoms with Crippen LogP contribution in [-0.4, -0.2) is 40.9 Å². The van der Waals surface area contributed by atoms with Gasteiger partial charge in [0.15, 0.2) is 15.0 Å². The van der Waals surface area contributed by atoms with Gasteiger partial charge in [0.2, 0.25) is 0 Å². The van der Waals surface area contributed by atoms with Crippen molar-refractivity contribution in [3.8, 4) is 0 Å². The predicted octanol–water partition coefficient (Wildman–Crippen LogP) is 0.655. The number of amidine groups is 1. The first-order valence-electron chi connectivity index (χ1n) is 5.64. The summed E-state index contributed by atoms with van der Waals surface area (Å²) in [5.74, 6) is 0.180. The molecule has 0 radical (unpaired) electrons. The summed E-state index contributed by atoms with van der Waals surface area (Å²) in [5.41, 5.74) is 5.75. The van der Waals surface area contributed by atoms with E-state index in [2.05, 4.69) is 15.2 Å². The molecular weight excluding hydrogens is 298 g/mol. The summed E-state index contributed by atoms with van der Waals surface area (Å²) in [5, 5.41) is 14.2. The molecule has 1 aromatic heterocycles. The molecule has 1 heterocycles. The van der Waals surface area contributed by atoms with Crippen LogP contribution in [0.4, 0.5) is 0 Å². The van der Waals surface area contributed by atoms with Crippen molar-refractivity contribution >= 4 is 27.4 Å². The quantitative estimate of drug-likeness (QED) is 0.408. The van der Waals surface area contributed by atoms with Crippen LogP contribution in [0.25, 0.3) is 0 Å². The standard InChI is InChI=1S/C11H13N5O2S2/c12-10(13)8-2-1-3-9(6-8)20(17,18)5-4-19-11-14-7-15-16-11/h1-3,6-7H,4-5H2,(H3,12,13)(H,14,15,16). The van der Waals surface area contributed by atoms with Crippen molar-refractivity contribution in [2.45, 2.75) is 10.1 Å². The Kier molecular flexibility index (Phi) is 4.40. The molecule has 0 bridgehead atoms. The third-order valence-electron chi connectivity index (χ3n) is 2.49. The van der Waals surface area contributed by atoms with E-state index in [0.717, 1.165) is 0 Å². The fraction of sp³-hybridized carbons (Fsp3) is 0.182. The Morgan fingerprint density at radius 2 is 2.25 bits per heavy atom. The summed E-state index contributed by atoms with van der Waals surface area (Å²) < 4.78 is 24.3. The molecule has 2 aromatic rings. The molecule has 0 amide bonds. The maximum Gasteiger partial charge on any atom is 0.183 e. The molecule has 20 heavy (non-hydrogen) atoms. The number of aromatic amines is 1. The van der Waals surface area contributed by atoms with Crippen molar-refractivity contribution in [2.75, 3.05) is 11.5 Å². The van der Waals surface area contributed by atoms with Crippen molar-refractivity contribution in [1.82, 2.24) is 15.2 Å². The number of nitrogens with zero attached hydrogens (tertiary/aromatic N) is 2. The first kappa shape index (κ1) is 14.5. The number of hydrogen-bond donors (Lipinski definition) is 3. The van der Waals surface area contributed by atoms with Gasteiger partial charge >= 0.3 is 0 Å².